The number of nitro groups is 1. The zero-order valence-electron chi connectivity index (χ0n) is 12.3. The van der Waals surface area contributed by atoms with Gasteiger partial charge in [0.15, 0.2) is 12.4 Å². The third kappa shape index (κ3) is 3.52. The molecule has 0 saturated heterocycles. The number of rotatable bonds is 5. The Morgan fingerprint density at radius 2 is 2.35 bits per heavy atom. The molecule has 1 aromatic rings. The lowest BCUT2D eigenvalue weighted by Gasteiger charge is -2.26. The predicted octanol–water partition coefficient (Wildman–Crippen LogP) is 0.0873. The van der Waals surface area contributed by atoms with Gasteiger partial charge >= 0.3 is 5.82 Å². The molecule has 120 valence electrons. The minimum Gasteiger partial charge on any atom is -0.477 e. The maximum Gasteiger partial charge on any atom is 0.366 e. The molecule has 0 radical (unpaired) electrons. The Morgan fingerprint density at radius 3 is 3.00 bits per heavy atom. The van der Waals surface area contributed by atoms with Gasteiger partial charge in [-0.25, -0.2) is 0 Å². The van der Waals surface area contributed by atoms with Crippen molar-refractivity contribution >= 4 is 23.5 Å². The molecule has 1 aliphatic heterocycles. The molecule has 0 spiro atoms. The summed E-state index contributed by atoms with van der Waals surface area (Å²) in [5, 5.41) is 19.3. The fraction of sp³-hybridized carbons (Fsp3) is 0.385. The van der Waals surface area contributed by atoms with Gasteiger partial charge in [-0.15, -0.1) is 0 Å². The molecule has 0 atom stereocenters. The SMILES string of the molecule is CN(CCC#N)C(=O)CN1C(=O)COc2ccc([N+](=O)[O-])nc21. The first-order valence-electron chi connectivity index (χ1n) is 6.63. The molecule has 2 heterocycles. The van der Waals surface area contributed by atoms with Crippen molar-refractivity contribution in [1.82, 2.24) is 9.88 Å². The molecule has 0 N–H and O–H groups in total. The van der Waals surface area contributed by atoms with Crippen molar-refractivity contribution in [3.63, 3.8) is 0 Å². The van der Waals surface area contributed by atoms with Gasteiger partial charge in [0.2, 0.25) is 5.91 Å². The highest BCUT2D eigenvalue weighted by atomic mass is 16.6. The minimum absolute atomic E-state index is 0.0579. The summed E-state index contributed by atoms with van der Waals surface area (Å²) in [7, 11) is 1.51. The van der Waals surface area contributed by atoms with Crippen LogP contribution in [0.4, 0.5) is 11.6 Å². The normalized spacial score (nSPS) is 12.9. The van der Waals surface area contributed by atoms with Gasteiger partial charge in [0, 0.05) is 19.7 Å². The van der Waals surface area contributed by atoms with E-state index < -0.39 is 22.6 Å². The van der Waals surface area contributed by atoms with Crippen molar-refractivity contribution in [2.45, 2.75) is 6.42 Å². The average molecular weight is 319 g/mol. The number of fused-ring (bicyclic) bond motifs is 1. The van der Waals surface area contributed by atoms with Crippen LogP contribution in [0.5, 0.6) is 5.75 Å². The molecule has 1 aliphatic rings. The van der Waals surface area contributed by atoms with Crippen LogP contribution in [-0.2, 0) is 9.59 Å². The molecule has 0 bridgehead atoms. The second-order valence-corrected chi connectivity index (χ2v) is 4.74. The van der Waals surface area contributed by atoms with Gasteiger partial charge in [0.1, 0.15) is 6.54 Å². The quantitative estimate of drug-likeness (QED) is 0.555. The molecule has 0 fully saturated rings. The van der Waals surface area contributed by atoms with Crippen LogP contribution in [0.25, 0.3) is 0 Å². The summed E-state index contributed by atoms with van der Waals surface area (Å²) in [6.07, 6.45) is 0.166. The molecular formula is C13H13N5O5. The van der Waals surface area contributed by atoms with E-state index in [1.807, 2.05) is 6.07 Å². The van der Waals surface area contributed by atoms with Gasteiger partial charge in [-0.2, -0.15) is 5.26 Å². The van der Waals surface area contributed by atoms with Crippen LogP contribution in [0.3, 0.4) is 0 Å². The number of likely N-dealkylation sites (N-methyl/N-ethyl adjacent to an activating group) is 1. The molecule has 0 aromatic carbocycles. The molecular weight excluding hydrogens is 306 g/mol. The fourth-order valence-electron chi connectivity index (χ4n) is 1.93. The Bertz CT molecular complexity index is 698. The summed E-state index contributed by atoms with van der Waals surface area (Å²) < 4.78 is 5.16. The van der Waals surface area contributed by atoms with Gasteiger partial charge in [0.05, 0.1) is 12.5 Å². The van der Waals surface area contributed by atoms with Crippen molar-refractivity contribution in [1.29, 1.82) is 5.26 Å². The highest BCUT2D eigenvalue weighted by Crippen LogP contribution is 2.31. The largest absolute Gasteiger partial charge is 0.477 e. The monoisotopic (exact) mass is 319 g/mol. The van der Waals surface area contributed by atoms with Gasteiger partial charge in [0.25, 0.3) is 11.7 Å². The van der Waals surface area contributed by atoms with Crippen molar-refractivity contribution < 1.29 is 19.2 Å². The third-order valence-corrected chi connectivity index (χ3v) is 3.20. The first kappa shape index (κ1) is 16.2. The lowest BCUT2D eigenvalue weighted by atomic mass is 10.3. The number of carbonyl (C=O) groups is 2. The second-order valence-electron chi connectivity index (χ2n) is 4.74. The standard InChI is InChI=1S/C13H13N5O5/c1-16(6-2-5-14)11(19)7-17-12(20)8-23-9-3-4-10(18(21)22)15-13(9)17/h3-4H,2,6-8H2,1H3. The Hall–Kier alpha value is -3.22. The molecule has 23 heavy (non-hydrogen) atoms. The van der Waals surface area contributed by atoms with Crippen LogP contribution in [0.15, 0.2) is 12.1 Å². The van der Waals surface area contributed by atoms with Crippen molar-refractivity contribution in [2.24, 2.45) is 0 Å². The zero-order chi connectivity index (χ0) is 17.0. The van der Waals surface area contributed by atoms with Crippen LogP contribution in [0.1, 0.15) is 6.42 Å². The molecule has 0 aliphatic carbocycles. The third-order valence-electron chi connectivity index (χ3n) is 3.20. The molecule has 0 unspecified atom stereocenters. The zero-order valence-corrected chi connectivity index (χ0v) is 12.3. The number of pyridine rings is 1. The lowest BCUT2D eigenvalue weighted by Crippen LogP contribution is -2.46. The minimum atomic E-state index is -0.696. The molecule has 10 heteroatoms. The first-order chi connectivity index (χ1) is 10.9. The van der Waals surface area contributed by atoms with Crippen LogP contribution >= 0.6 is 0 Å². The number of nitrogens with zero attached hydrogens (tertiary/aromatic N) is 5. The summed E-state index contributed by atoms with van der Waals surface area (Å²) in [6, 6.07) is 4.42. The van der Waals surface area contributed by atoms with Crippen molar-refractivity contribution in [3.8, 4) is 11.8 Å². The van der Waals surface area contributed by atoms with Gasteiger partial charge in [-0.3, -0.25) is 14.5 Å². The molecule has 1 aromatic heterocycles. The van der Waals surface area contributed by atoms with Gasteiger partial charge < -0.3 is 19.8 Å². The summed E-state index contributed by atoms with van der Waals surface area (Å²) >= 11 is 0. The summed E-state index contributed by atoms with van der Waals surface area (Å²) in [4.78, 5) is 40.3. The van der Waals surface area contributed by atoms with E-state index >= 15 is 0 Å². The summed E-state index contributed by atoms with van der Waals surface area (Å²) in [6.45, 7) is -0.379. The van der Waals surface area contributed by atoms with Crippen LogP contribution in [0.2, 0.25) is 0 Å². The Labute approximate surface area is 131 Å². The lowest BCUT2D eigenvalue weighted by molar-refractivity contribution is -0.389. The van der Waals surface area contributed by atoms with E-state index in [0.717, 1.165) is 11.0 Å². The Balaban J connectivity index is 2.24. The van der Waals surface area contributed by atoms with E-state index in [1.54, 1.807) is 0 Å². The van der Waals surface area contributed by atoms with Crippen molar-refractivity contribution in [3.05, 3.63) is 22.2 Å². The van der Waals surface area contributed by atoms with E-state index in [-0.39, 0.29) is 37.7 Å². The van der Waals surface area contributed by atoms with Gasteiger partial charge in [-0.05, 0) is 16.0 Å². The number of ether oxygens (including phenoxy) is 1. The summed E-state index contributed by atoms with van der Waals surface area (Å²) in [5.41, 5.74) is 0. The fourth-order valence-corrected chi connectivity index (χ4v) is 1.93. The first-order valence-corrected chi connectivity index (χ1v) is 6.63. The van der Waals surface area contributed by atoms with Crippen molar-refractivity contribution in [2.75, 3.05) is 31.6 Å². The number of aromatic nitrogens is 1. The second kappa shape index (κ2) is 6.69. The number of hydrogen-bond acceptors (Lipinski definition) is 7. The van der Waals surface area contributed by atoms with E-state index in [2.05, 4.69) is 4.98 Å². The van der Waals surface area contributed by atoms with Crippen LogP contribution in [0, 0.1) is 21.4 Å². The number of nitriles is 1. The molecule has 10 nitrogen and oxygen atoms in total. The topological polar surface area (TPSA) is 130 Å². The molecule has 2 rings (SSSR count). The number of anilines is 1. The smallest absolute Gasteiger partial charge is 0.366 e. The van der Waals surface area contributed by atoms with Gasteiger partial charge in [-0.1, -0.05) is 0 Å². The Kier molecular flexibility index (Phi) is 4.70. The number of hydrogen-bond donors (Lipinski definition) is 0. The number of amides is 2. The van der Waals surface area contributed by atoms with Crippen LogP contribution < -0.4 is 9.64 Å². The molecule has 0 saturated carbocycles. The van der Waals surface area contributed by atoms with Crippen LogP contribution in [-0.4, -0.2) is 53.4 Å². The van der Waals surface area contributed by atoms with E-state index in [4.69, 9.17) is 10.00 Å². The predicted molar refractivity (Wildman–Crippen MR) is 76.6 cm³/mol. The molecule has 2 amide bonds. The Morgan fingerprint density at radius 1 is 1.61 bits per heavy atom. The van der Waals surface area contributed by atoms with E-state index in [0.29, 0.717) is 0 Å². The average Bonchev–Trinajstić information content (AvgIpc) is 2.54. The maximum atomic E-state index is 12.1. The highest BCUT2D eigenvalue weighted by molar-refractivity contribution is 6.01. The van der Waals surface area contributed by atoms with E-state index in [1.165, 1.54) is 18.0 Å². The summed E-state index contributed by atoms with van der Waals surface area (Å²) in [5.74, 6) is -1.24. The number of carbonyl (C=O) groups excluding carboxylic acids is 2. The highest BCUT2D eigenvalue weighted by Gasteiger charge is 2.34. The van der Waals surface area contributed by atoms with E-state index in [9.17, 15) is 19.7 Å². The maximum absolute atomic E-state index is 12.1.